The Labute approximate surface area is 75.3 Å². The van der Waals surface area contributed by atoms with Gasteiger partial charge >= 0.3 is 0 Å². The molecule has 2 fully saturated rings. The molecule has 2 nitrogen and oxygen atoms in total. The van der Waals surface area contributed by atoms with Gasteiger partial charge in [0.05, 0.1) is 0 Å². The van der Waals surface area contributed by atoms with Crippen LogP contribution in [0.5, 0.6) is 0 Å². The summed E-state index contributed by atoms with van der Waals surface area (Å²) in [4.78, 5) is 2.66. The van der Waals surface area contributed by atoms with Crippen molar-refractivity contribution in [3.8, 4) is 0 Å². The van der Waals surface area contributed by atoms with Crippen molar-refractivity contribution >= 4 is 0 Å². The van der Waals surface area contributed by atoms with E-state index in [2.05, 4.69) is 17.1 Å². The SMILES string of the molecule is CC(C1CCNC1)N1CCCC1. The van der Waals surface area contributed by atoms with Crippen LogP contribution >= 0.6 is 0 Å². The highest BCUT2D eigenvalue weighted by Gasteiger charge is 2.27. The summed E-state index contributed by atoms with van der Waals surface area (Å²) in [6.07, 6.45) is 4.23. The summed E-state index contributed by atoms with van der Waals surface area (Å²) in [7, 11) is 0. The number of hydrogen-bond donors (Lipinski definition) is 1. The lowest BCUT2D eigenvalue weighted by Crippen LogP contribution is -2.37. The highest BCUT2D eigenvalue weighted by atomic mass is 15.2. The highest BCUT2D eigenvalue weighted by molar-refractivity contribution is 4.83. The molecule has 0 amide bonds. The molecule has 2 unspecified atom stereocenters. The first-order valence-corrected chi connectivity index (χ1v) is 5.32. The van der Waals surface area contributed by atoms with Crippen molar-refractivity contribution in [2.45, 2.75) is 32.2 Å². The number of nitrogens with one attached hydrogen (secondary N) is 1. The Morgan fingerprint density at radius 3 is 2.67 bits per heavy atom. The first kappa shape index (κ1) is 8.52. The van der Waals surface area contributed by atoms with Gasteiger partial charge in [-0.25, -0.2) is 0 Å². The lowest BCUT2D eigenvalue weighted by Gasteiger charge is -2.28. The molecule has 0 spiro atoms. The van der Waals surface area contributed by atoms with Crippen LogP contribution in [0.25, 0.3) is 0 Å². The van der Waals surface area contributed by atoms with Crippen molar-refractivity contribution in [2.75, 3.05) is 26.2 Å². The predicted molar refractivity (Wildman–Crippen MR) is 51.2 cm³/mol. The maximum atomic E-state index is 3.45. The Kier molecular flexibility index (Phi) is 2.66. The van der Waals surface area contributed by atoms with Crippen LogP contribution < -0.4 is 5.32 Å². The molecule has 70 valence electrons. The Bertz CT molecular complexity index is 119. The van der Waals surface area contributed by atoms with Gasteiger partial charge in [0.2, 0.25) is 0 Å². The molecule has 12 heavy (non-hydrogen) atoms. The number of likely N-dealkylation sites (tertiary alicyclic amines) is 1. The summed E-state index contributed by atoms with van der Waals surface area (Å²) in [5.41, 5.74) is 0. The second-order valence-corrected chi connectivity index (χ2v) is 4.24. The molecule has 0 aliphatic carbocycles. The average molecular weight is 168 g/mol. The van der Waals surface area contributed by atoms with E-state index >= 15 is 0 Å². The normalized spacial score (nSPS) is 34.2. The predicted octanol–water partition coefficient (Wildman–Crippen LogP) is 1.08. The second-order valence-electron chi connectivity index (χ2n) is 4.24. The van der Waals surface area contributed by atoms with Crippen molar-refractivity contribution in [3.63, 3.8) is 0 Å². The van der Waals surface area contributed by atoms with E-state index in [4.69, 9.17) is 0 Å². The van der Waals surface area contributed by atoms with Gasteiger partial charge in [-0.1, -0.05) is 0 Å². The number of nitrogens with zero attached hydrogens (tertiary/aromatic N) is 1. The van der Waals surface area contributed by atoms with Gasteiger partial charge in [0, 0.05) is 6.04 Å². The second kappa shape index (κ2) is 3.75. The maximum absolute atomic E-state index is 3.45. The number of rotatable bonds is 2. The molecule has 0 saturated carbocycles. The summed E-state index contributed by atoms with van der Waals surface area (Å²) < 4.78 is 0. The third-order valence-corrected chi connectivity index (χ3v) is 3.50. The summed E-state index contributed by atoms with van der Waals surface area (Å²) in [5.74, 6) is 0.920. The smallest absolute Gasteiger partial charge is 0.0108 e. The third-order valence-electron chi connectivity index (χ3n) is 3.50. The Hall–Kier alpha value is -0.0800. The zero-order chi connectivity index (χ0) is 8.39. The van der Waals surface area contributed by atoms with Crippen LogP contribution in [-0.4, -0.2) is 37.1 Å². The minimum Gasteiger partial charge on any atom is -0.316 e. The molecule has 0 bridgehead atoms. The molecule has 2 rings (SSSR count). The zero-order valence-electron chi connectivity index (χ0n) is 8.05. The van der Waals surface area contributed by atoms with Crippen LogP contribution in [0.4, 0.5) is 0 Å². The highest BCUT2D eigenvalue weighted by Crippen LogP contribution is 2.21. The van der Waals surface area contributed by atoms with Crippen LogP contribution in [0.1, 0.15) is 26.2 Å². The fourth-order valence-electron chi connectivity index (χ4n) is 2.54. The molecule has 2 saturated heterocycles. The van der Waals surface area contributed by atoms with E-state index in [0.717, 1.165) is 12.0 Å². The molecule has 0 aromatic rings. The quantitative estimate of drug-likeness (QED) is 0.664. The molecular weight excluding hydrogens is 148 g/mol. The van der Waals surface area contributed by atoms with Gasteiger partial charge in [-0.2, -0.15) is 0 Å². The fourth-order valence-corrected chi connectivity index (χ4v) is 2.54. The average Bonchev–Trinajstić information content (AvgIpc) is 2.77. The standard InChI is InChI=1S/C10H20N2/c1-9(10-4-5-11-8-10)12-6-2-3-7-12/h9-11H,2-8H2,1H3. The van der Waals surface area contributed by atoms with E-state index in [9.17, 15) is 0 Å². The van der Waals surface area contributed by atoms with Gasteiger partial charge in [-0.3, -0.25) is 0 Å². The van der Waals surface area contributed by atoms with Crippen LogP contribution in [0, 0.1) is 5.92 Å². The minimum absolute atomic E-state index is 0.822. The molecule has 2 atom stereocenters. The molecule has 0 aromatic carbocycles. The molecular formula is C10H20N2. The van der Waals surface area contributed by atoms with E-state index in [-0.39, 0.29) is 0 Å². The van der Waals surface area contributed by atoms with Crippen LogP contribution in [0.2, 0.25) is 0 Å². The Balaban J connectivity index is 1.84. The van der Waals surface area contributed by atoms with Crippen molar-refractivity contribution < 1.29 is 0 Å². The van der Waals surface area contributed by atoms with Gasteiger partial charge < -0.3 is 10.2 Å². The molecule has 2 heteroatoms. The first-order chi connectivity index (χ1) is 5.88. The van der Waals surface area contributed by atoms with E-state index < -0.39 is 0 Å². The lowest BCUT2D eigenvalue weighted by atomic mass is 9.99. The van der Waals surface area contributed by atoms with E-state index in [0.29, 0.717) is 0 Å². The monoisotopic (exact) mass is 168 g/mol. The molecule has 0 aromatic heterocycles. The first-order valence-electron chi connectivity index (χ1n) is 5.32. The van der Waals surface area contributed by atoms with Crippen LogP contribution in [-0.2, 0) is 0 Å². The van der Waals surface area contributed by atoms with Crippen molar-refractivity contribution in [1.29, 1.82) is 0 Å². The maximum Gasteiger partial charge on any atom is 0.0108 e. The van der Waals surface area contributed by atoms with Crippen LogP contribution in [0.3, 0.4) is 0 Å². The molecule has 0 radical (unpaired) electrons. The van der Waals surface area contributed by atoms with Gasteiger partial charge in [0.15, 0.2) is 0 Å². The Morgan fingerprint density at radius 2 is 2.08 bits per heavy atom. The van der Waals surface area contributed by atoms with E-state index in [1.807, 2.05) is 0 Å². The summed E-state index contributed by atoms with van der Waals surface area (Å²) >= 11 is 0. The lowest BCUT2D eigenvalue weighted by molar-refractivity contribution is 0.198. The minimum atomic E-state index is 0.822. The van der Waals surface area contributed by atoms with Crippen molar-refractivity contribution in [2.24, 2.45) is 5.92 Å². The largest absolute Gasteiger partial charge is 0.316 e. The van der Waals surface area contributed by atoms with Crippen molar-refractivity contribution in [1.82, 2.24) is 10.2 Å². The summed E-state index contributed by atoms with van der Waals surface area (Å²) in [6, 6.07) is 0.822. The molecule has 2 aliphatic heterocycles. The zero-order valence-corrected chi connectivity index (χ0v) is 8.05. The molecule has 2 heterocycles. The van der Waals surface area contributed by atoms with Crippen LogP contribution in [0.15, 0.2) is 0 Å². The van der Waals surface area contributed by atoms with Gasteiger partial charge in [-0.15, -0.1) is 0 Å². The molecule has 2 aliphatic rings. The van der Waals surface area contributed by atoms with E-state index in [1.165, 1.54) is 45.4 Å². The van der Waals surface area contributed by atoms with Gasteiger partial charge in [0.25, 0.3) is 0 Å². The fraction of sp³-hybridized carbons (Fsp3) is 1.00. The number of hydrogen-bond acceptors (Lipinski definition) is 2. The van der Waals surface area contributed by atoms with Gasteiger partial charge in [-0.05, 0) is 58.3 Å². The van der Waals surface area contributed by atoms with Crippen molar-refractivity contribution in [3.05, 3.63) is 0 Å². The van der Waals surface area contributed by atoms with E-state index in [1.54, 1.807) is 0 Å². The summed E-state index contributed by atoms with van der Waals surface area (Å²) in [6.45, 7) is 7.58. The third kappa shape index (κ3) is 1.64. The topological polar surface area (TPSA) is 15.3 Å². The summed E-state index contributed by atoms with van der Waals surface area (Å²) in [5, 5.41) is 3.45. The van der Waals surface area contributed by atoms with Gasteiger partial charge in [0.1, 0.15) is 0 Å². The Morgan fingerprint density at radius 1 is 1.33 bits per heavy atom. The molecule has 1 N–H and O–H groups in total.